The maximum Gasteiger partial charge on any atom is 0.229 e. The minimum atomic E-state index is -3.26. The summed E-state index contributed by atoms with van der Waals surface area (Å²) in [5.74, 6) is 0. The number of halogens is 1. The zero-order valence-corrected chi connectivity index (χ0v) is 12.5. The number of sulfonamides is 1. The van der Waals surface area contributed by atoms with Crippen LogP contribution >= 0.6 is 11.6 Å². The summed E-state index contributed by atoms with van der Waals surface area (Å²) in [6.45, 7) is 0.614. The van der Waals surface area contributed by atoms with Crippen molar-refractivity contribution in [2.24, 2.45) is 0 Å². The lowest BCUT2D eigenvalue weighted by molar-refractivity contribution is 0.607. The largest absolute Gasteiger partial charge is 0.381 e. The molecule has 0 atom stereocenters. The van der Waals surface area contributed by atoms with Crippen molar-refractivity contribution in [1.82, 2.24) is 0 Å². The fraction of sp³-hybridized carbons (Fsp3) is 0.143. The van der Waals surface area contributed by atoms with Crippen molar-refractivity contribution >= 4 is 33.0 Å². The minimum Gasteiger partial charge on any atom is -0.381 e. The van der Waals surface area contributed by atoms with Crippen molar-refractivity contribution in [3.05, 3.63) is 59.1 Å². The van der Waals surface area contributed by atoms with Gasteiger partial charge in [0.25, 0.3) is 0 Å². The molecular formula is C14H15ClN2O2S. The molecule has 0 bridgehead atoms. The molecule has 0 saturated heterocycles. The lowest BCUT2D eigenvalue weighted by Gasteiger charge is -2.09. The lowest BCUT2D eigenvalue weighted by atomic mass is 10.2. The van der Waals surface area contributed by atoms with Crippen molar-refractivity contribution in [2.45, 2.75) is 6.54 Å². The summed E-state index contributed by atoms with van der Waals surface area (Å²) >= 11 is 5.92. The molecule has 2 N–H and O–H groups in total. The van der Waals surface area contributed by atoms with Crippen molar-refractivity contribution in [3.63, 3.8) is 0 Å². The third-order valence-corrected chi connectivity index (χ3v) is 3.39. The third kappa shape index (κ3) is 4.75. The molecule has 2 aromatic rings. The fourth-order valence-electron chi connectivity index (χ4n) is 1.76. The van der Waals surface area contributed by atoms with Crippen LogP contribution in [0.15, 0.2) is 48.5 Å². The van der Waals surface area contributed by atoms with Gasteiger partial charge in [0.15, 0.2) is 0 Å². The predicted molar refractivity (Wildman–Crippen MR) is 83.7 cm³/mol. The Morgan fingerprint density at radius 1 is 1.05 bits per heavy atom. The Kier molecular flexibility index (Phi) is 4.52. The minimum absolute atomic E-state index is 0.531. The van der Waals surface area contributed by atoms with Gasteiger partial charge in [-0.2, -0.15) is 0 Å². The van der Waals surface area contributed by atoms with Crippen molar-refractivity contribution in [3.8, 4) is 0 Å². The first-order chi connectivity index (χ1) is 9.42. The maximum absolute atomic E-state index is 11.2. The highest BCUT2D eigenvalue weighted by Crippen LogP contribution is 2.17. The van der Waals surface area contributed by atoms with Gasteiger partial charge in [0.05, 0.1) is 11.9 Å². The molecule has 106 valence electrons. The van der Waals surface area contributed by atoms with E-state index in [0.717, 1.165) is 17.5 Å². The van der Waals surface area contributed by atoms with E-state index >= 15 is 0 Å². The molecule has 0 aliphatic heterocycles. The highest BCUT2D eigenvalue weighted by Gasteiger charge is 2.02. The summed E-state index contributed by atoms with van der Waals surface area (Å²) in [6, 6.07) is 14.7. The Hall–Kier alpha value is -1.72. The second kappa shape index (κ2) is 6.15. The van der Waals surface area contributed by atoms with Crippen LogP contribution in [0.2, 0.25) is 5.02 Å². The molecule has 6 heteroatoms. The van der Waals surface area contributed by atoms with Crippen LogP contribution in [0.25, 0.3) is 0 Å². The number of benzene rings is 2. The lowest BCUT2D eigenvalue weighted by Crippen LogP contribution is -2.09. The van der Waals surface area contributed by atoms with Crippen LogP contribution in [0, 0.1) is 0 Å². The van der Waals surface area contributed by atoms with Gasteiger partial charge >= 0.3 is 0 Å². The molecular weight excluding hydrogens is 296 g/mol. The Bertz CT molecular complexity index is 702. The first kappa shape index (κ1) is 14.7. The van der Waals surface area contributed by atoms with Crippen LogP contribution in [0.3, 0.4) is 0 Å². The molecule has 2 rings (SSSR count). The number of nitrogens with one attached hydrogen (secondary N) is 2. The van der Waals surface area contributed by atoms with Gasteiger partial charge in [0.1, 0.15) is 0 Å². The molecule has 0 fully saturated rings. The number of hydrogen-bond donors (Lipinski definition) is 2. The summed E-state index contributed by atoms with van der Waals surface area (Å²) < 4.78 is 24.8. The Labute approximate surface area is 123 Å². The molecule has 20 heavy (non-hydrogen) atoms. The molecule has 0 spiro atoms. The molecule has 0 amide bonds. The normalized spacial score (nSPS) is 11.1. The molecule has 0 heterocycles. The van der Waals surface area contributed by atoms with E-state index < -0.39 is 10.0 Å². The van der Waals surface area contributed by atoms with E-state index in [-0.39, 0.29) is 0 Å². The zero-order chi connectivity index (χ0) is 14.6. The van der Waals surface area contributed by atoms with Crippen molar-refractivity contribution in [2.75, 3.05) is 16.3 Å². The smallest absolute Gasteiger partial charge is 0.229 e. The standard InChI is InChI=1S/C14H15ClN2O2S/c1-20(18,19)17-14-7-3-6-13(9-14)16-10-11-4-2-5-12(15)8-11/h2-9,16-17H,10H2,1H3. The van der Waals surface area contributed by atoms with Crippen molar-refractivity contribution < 1.29 is 8.42 Å². The molecule has 4 nitrogen and oxygen atoms in total. The van der Waals surface area contributed by atoms with Crippen LogP contribution in [0.4, 0.5) is 11.4 Å². The van der Waals surface area contributed by atoms with E-state index in [0.29, 0.717) is 17.3 Å². The summed E-state index contributed by atoms with van der Waals surface area (Å²) in [5, 5.41) is 3.91. The SMILES string of the molecule is CS(=O)(=O)Nc1cccc(NCc2cccc(Cl)c2)c1. The van der Waals surface area contributed by atoms with Crippen LogP contribution in [0.5, 0.6) is 0 Å². The van der Waals surface area contributed by atoms with Gasteiger partial charge in [0, 0.05) is 17.3 Å². The van der Waals surface area contributed by atoms with E-state index in [2.05, 4.69) is 10.0 Å². The summed E-state index contributed by atoms with van der Waals surface area (Å²) in [5.41, 5.74) is 2.42. The van der Waals surface area contributed by atoms with Crippen LogP contribution in [-0.4, -0.2) is 14.7 Å². The van der Waals surface area contributed by atoms with Gasteiger partial charge in [-0.15, -0.1) is 0 Å². The molecule has 0 aliphatic rings. The fourth-order valence-corrected chi connectivity index (χ4v) is 2.53. The van der Waals surface area contributed by atoms with Gasteiger partial charge < -0.3 is 5.32 Å². The maximum atomic E-state index is 11.2. The molecule has 0 unspecified atom stereocenters. The quantitative estimate of drug-likeness (QED) is 0.890. The molecule has 0 saturated carbocycles. The Balaban J connectivity index is 2.05. The number of hydrogen-bond acceptors (Lipinski definition) is 3. The van der Waals surface area contributed by atoms with E-state index in [1.165, 1.54) is 0 Å². The van der Waals surface area contributed by atoms with Crippen molar-refractivity contribution in [1.29, 1.82) is 0 Å². The zero-order valence-electron chi connectivity index (χ0n) is 10.9. The van der Waals surface area contributed by atoms with Gasteiger partial charge in [-0.3, -0.25) is 4.72 Å². The van der Waals surface area contributed by atoms with E-state index in [1.54, 1.807) is 18.2 Å². The van der Waals surface area contributed by atoms with Gasteiger partial charge in [0.2, 0.25) is 10.0 Å². The third-order valence-electron chi connectivity index (χ3n) is 2.55. The molecule has 0 radical (unpaired) electrons. The molecule has 0 aromatic heterocycles. The summed E-state index contributed by atoms with van der Waals surface area (Å²) in [7, 11) is -3.26. The van der Waals surface area contributed by atoms with Crippen LogP contribution < -0.4 is 10.0 Å². The van der Waals surface area contributed by atoms with E-state index in [4.69, 9.17) is 11.6 Å². The van der Waals surface area contributed by atoms with Crippen LogP contribution in [-0.2, 0) is 16.6 Å². The van der Waals surface area contributed by atoms with Gasteiger partial charge in [-0.25, -0.2) is 8.42 Å². The Morgan fingerprint density at radius 3 is 2.45 bits per heavy atom. The topological polar surface area (TPSA) is 58.2 Å². The second-order valence-electron chi connectivity index (χ2n) is 4.44. The van der Waals surface area contributed by atoms with Gasteiger partial charge in [-0.05, 0) is 35.9 Å². The predicted octanol–water partition coefficient (Wildman–Crippen LogP) is 3.32. The highest BCUT2D eigenvalue weighted by atomic mass is 35.5. The number of anilines is 2. The molecule has 2 aromatic carbocycles. The average molecular weight is 311 g/mol. The van der Waals surface area contributed by atoms with E-state index in [9.17, 15) is 8.42 Å². The number of rotatable bonds is 5. The second-order valence-corrected chi connectivity index (χ2v) is 6.62. The highest BCUT2D eigenvalue weighted by molar-refractivity contribution is 7.92. The average Bonchev–Trinajstić information content (AvgIpc) is 2.35. The summed E-state index contributed by atoms with van der Waals surface area (Å²) in [6.07, 6.45) is 1.12. The molecule has 0 aliphatic carbocycles. The Morgan fingerprint density at radius 2 is 1.75 bits per heavy atom. The first-order valence-electron chi connectivity index (χ1n) is 5.98. The monoisotopic (exact) mass is 310 g/mol. The van der Waals surface area contributed by atoms with Gasteiger partial charge in [-0.1, -0.05) is 29.8 Å². The summed E-state index contributed by atoms with van der Waals surface area (Å²) in [4.78, 5) is 0. The first-order valence-corrected chi connectivity index (χ1v) is 8.25. The van der Waals surface area contributed by atoms with E-state index in [1.807, 2.05) is 30.3 Å². The van der Waals surface area contributed by atoms with Crippen LogP contribution in [0.1, 0.15) is 5.56 Å².